The lowest BCUT2D eigenvalue weighted by Crippen LogP contribution is -2.33. The summed E-state index contributed by atoms with van der Waals surface area (Å²) in [5.74, 6) is 0. The Balaban J connectivity index is 1.28. The molecule has 134 valence electrons. The highest BCUT2D eigenvalue weighted by Crippen LogP contribution is 2.19. The molecule has 0 saturated carbocycles. The summed E-state index contributed by atoms with van der Waals surface area (Å²) in [6.07, 6.45) is 2.33. The molecule has 26 heavy (non-hydrogen) atoms. The van der Waals surface area contributed by atoms with E-state index < -0.39 is 0 Å². The Morgan fingerprint density at radius 2 is 1.85 bits per heavy atom. The zero-order valence-electron chi connectivity index (χ0n) is 15.0. The number of hydrogen-bond acceptors (Lipinski definition) is 2. The maximum Gasteiger partial charge on any atom is 0.0234 e. The zero-order chi connectivity index (χ0) is 17.8. The third-order valence-corrected chi connectivity index (χ3v) is 5.77. The minimum atomic E-state index is 0.608. The van der Waals surface area contributed by atoms with Gasteiger partial charge in [-0.05, 0) is 53.4 Å². The summed E-state index contributed by atoms with van der Waals surface area (Å²) in [4.78, 5) is 2.55. The lowest BCUT2D eigenvalue weighted by molar-refractivity contribution is 0.320. The second-order valence-corrected chi connectivity index (χ2v) is 8.11. The van der Waals surface area contributed by atoms with Gasteiger partial charge < -0.3 is 5.32 Å². The van der Waals surface area contributed by atoms with E-state index in [1.165, 1.54) is 39.3 Å². The minimum absolute atomic E-state index is 0.608. The summed E-state index contributed by atoms with van der Waals surface area (Å²) < 4.78 is 1.17. The highest BCUT2D eigenvalue weighted by Gasteiger charge is 2.21. The van der Waals surface area contributed by atoms with E-state index in [2.05, 4.69) is 92.9 Å². The quantitative estimate of drug-likeness (QED) is 0.616. The van der Waals surface area contributed by atoms with Crippen LogP contribution >= 0.6 is 15.9 Å². The summed E-state index contributed by atoms with van der Waals surface area (Å²) in [7, 11) is 0. The van der Waals surface area contributed by atoms with E-state index in [1.807, 2.05) is 0 Å². The molecule has 4 rings (SSSR count). The first-order chi connectivity index (χ1) is 12.8. The molecule has 1 aliphatic rings. The molecule has 1 fully saturated rings. The molecule has 1 unspecified atom stereocenters. The second kappa shape index (κ2) is 8.34. The fourth-order valence-corrected chi connectivity index (χ4v) is 4.40. The molecule has 3 aromatic carbocycles. The van der Waals surface area contributed by atoms with Crippen molar-refractivity contribution in [3.63, 3.8) is 0 Å². The topological polar surface area (TPSA) is 15.3 Å². The van der Waals surface area contributed by atoms with Gasteiger partial charge in [0, 0.05) is 30.1 Å². The number of hydrogen-bond donors (Lipinski definition) is 1. The van der Waals surface area contributed by atoms with Crippen LogP contribution in [0, 0.1) is 0 Å². The van der Waals surface area contributed by atoms with E-state index >= 15 is 0 Å². The van der Waals surface area contributed by atoms with Crippen molar-refractivity contribution < 1.29 is 0 Å². The molecule has 0 spiro atoms. The third kappa shape index (κ3) is 4.35. The Morgan fingerprint density at radius 1 is 1.00 bits per heavy atom. The van der Waals surface area contributed by atoms with Gasteiger partial charge in [-0.1, -0.05) is 70.5 Å². The van der Waals surface area contributed by atoms with Gasteiger partial charge in [-0.15, -0.1) is 0 Å². The molecule has 0 aliphatic carbocycles. The maximum atomic E-state index is 3.77. The van der Waals surface area contributed by atoms with Crippen LogP contribution in [0.1, 0.15) is 17.5 Å². The average molecular weight is 409 g/mol. The van der Waals surface area contributed by atoms with E-state index in [0.29, 0.717) is 6.04 Å². The van der Waals surface area contributed by atoms with Crippen molar-refractivity contribution in [1.29, 1.82) is 0 Å². The molecule has 1 saturated heterocycles. The van der Waals surface area contributed by atoms with Crippen LogP contribution in [-0.4, -0.2) is 30.6 Å². The first-order valence-corrected chi connectivity index (χ1v) is 10.2. The van der Waals surface area contributed by atoms with Crippen LogP contribution in [0.2, 0.25) is 0 Å². The summed E-state index contributed by atoms with van der Waals surface area (Å²) in [6, 6.07) is 24.6. The van der Waals surface area contributed by atoms with Crippen molar-refractivity contribution in [2.75, 3.05) is 19.6 Å². The fourth-order valence-electron chi connectivity index (χ4n) is 3.96. The molecule has 3 aromatic rings. The van der Waals surface area contributed by atoms with Crippen LogP contribution < -0.4 is 5.32 Å². The van der Waals surface area contributed by atoms with Crippen molar-refractivity contribution in [3.05, 3.63) is 82.3 Å². The molecule has 3 heteroatoms. The largest absolute Gasteiger partial charge is 0.312 e. The number of rotatable bonds is 6. The molecule has 0 radical (unpaired) electrons. The predicted molar refractivity (Wildman–Crippen MR) is 113 cm³/mol. The smallest absolute Gasteiger partial charge is 0.0234 e. The molecule has 0 amide bonds. The molecule has 0 bridgehead atoms. The van der Waals surface area contributed by atoms with Crippen LogP contribution in [0.4, 0.5) is 0 Å². The number of halogens is 1. The van der Waals surface area contributed by atoms with Gasteiger partial charge in [0.2, 0.25) is 0 Å². The van der Waals surface area contributed by atoms with Gasteiger partial charge in [0.15, 0.2) is 0 Å². The van der Waals surface area contributed by atoms with E-state index in [1.54, 1.807) is 0 Å². The number of nitrogens with one attached hydrogen (secondary N) is 1. The number of nitrogens with zero attached hydrogens (tertiary/aromatic N) is 1. The first kappa shape index (κ1) is 17.7. The average Bonchev–Trinajstić information content (AvgIpc) is 3.09. The van der Waals surface area contributed by atoms with Crippen LogP contribution in [0.15, 0.2) is 71.2 Å². The molecule has 0 aromatic heterocycles. The number of benzene rings is 3. The van der Waals surface area contributed by atoms with Crippen molar-refractivity contribution in [2.24, 2.45) is 0 Å². The molecular formula is C23H25BrN2. The molecule has 1 N–H and O–H groups in total. The normalized spacial score (nSPS) is 17.8. The third-order valence-electron chi connectivity index (χ3n) is 5.27. The summed E-state index contributed by atoms with van der Waals surface area (Å²) in [5, 5.41) is 6.50. The van der Waals surface area contributed by atoms with E-state index in [9.17, 15) is 0 Å². The van der Waals surface area contributed by atoms with E-state index in [4.69, 9.17) is 0 Å². The Kier molecular flexibility index (Phi) is 5.68. The van der Waals surface area contributed by atoms with E-state index in [0.717, 1.165) is 26.1 Å². The van der Waals surface area contributed by atoms with Gasteiger partial charge in [-0.2, -0.15) is 0 Å². The van der Waals surface area contributed by atoms with Crippen LogP contribution in [0.5, 0.6) is 0 Å². The van der Waals surface area contributed by atoms with Crippen LogP contribution in [0.3, 0.4) is 0 Å². The number of fused-ring (bicyclic) bond motifs is 1. The monoisotopic (exact) mass is 408 g/mol. The van der Waals surface area contributed by atoms with Crippen molar-refractivity contribution in [2.45, 2.75) is 25.4 Å². The summed E-state index contributed by atoms with van der Waals surface area (Å²) in [5.41, 5.74) is 2.83. The van der Waals surface area contributed by atoms with Crippen molar-refractivity contribution in [3.8, 4) is 0 Å². The van der Waals surface area contributed by atoms with Gasteiger partial charge in [0.1, 0.15) is 0 Å². The second-order valence-electron chi connectivity index (χ2n) is 7.19. The zero-order valence-corrected chi connectivity index (χ0v) is 16.6. The van der Waals surface area contributed by atoms with Gasteiger partial charge in [-0.25, -0.2) is 0 Å². The SMILES string of the molecule is Brc1cccc(CN2CCC(NCCc3cccc4ccccc34)C2)c1. The Hall–Kier alpha value is -1.68. The molecule has 1 heterocycles. The van der Waals surface area contributed by atoms with E-state index in [-0.39, 0.29) is 0 Å². The minimum Gasteiger partial charge on any atom is -0.312 e. The highest BCUT2D eigenvalue weighted by atomic mass is 79.9. The van der Waals surface area contributed by atoms with Gasteiger partial charge in [0.25, 0.3) is 0 Å². The highest BCUT2D eigenvalue weighted by molar-refractivity contribution is 9.10. The van der Waals surface area contributed by atoms with Crippen LogP contribution in [0.25, 0.3) is 10.8 Å². The molecule has 1 atom stereocenters. The van der Waals surface area contributed by atoms with Crippen molar-refractivity contribution >= 4 is 26.7 Å². The predicted octanol–water partition coefficient (Wildman–Crippen LogP) is 5.01. The Morgan fingerprint density at radius 3 is 2.77 bits per heavy atom. The Bertz CT molecular complexity index is 871. The summed E-state index contributed by atoms with van der Waals surface area (Å²) in [6.45, 7) is 4.41. The van der Waals surface area contributed by atoms with Crippen LogP contribution in [-0.2, 0) is 13.0 Å². The standard InChI is InChI=1S/C23H25BrN2/c24-21-9-3-5-18(15-21)16-26-14-12-22(17-26)25-13-11-20-8-4-7-19-6-1-2-10-23(19)20/h1-10,15,22,25H,11-14,16-17H2. The summed E-state index contributed by atoms with van der Waals surface area (Å²) >= 11 is 3.57. The lowest BCUT2D eigenvalue weighted by atomic mass is 10.0. The van der Waals surface area contributed by atoms with Crippen molar-refractivity contribution in [1.82, 2.24) is 10.2 Å². The maximum absolute atomic E-state index is 3.77. The number of likely N-dealkylation sites (tertiary alicyclic amines) is 1. The Labute approximate surface area is 164 Å². The van der Waals surface area contributed by atoms with Gasteiger partial charge in [0.05, 0.1) is 0 Å². The first-order valence-electron chi connectivity index (χ1n) is 9.45. The molecule has 1 aliphatic heterocycles. The lowest BCUT2D eigenvalue weighted by Gasteiger charge is -2.17. The molecular weight excluding hydrogens is 384 g/mol. The fraction of sp³-hybridized carbons (Fsp3) is 0.304. The molecule has 2 nitrogen and oxygen atoms in total. The van der Waals surface area contributed by atoms with Gasteiger partial charge in [-0.3, -0.25) is 4.90 Å². The van der Waals surface area contributed by atoms with Gasteiger partial charge >= 0.3 is 0 Å².